The number of halogens is 1. The Balaban J connectivity index is 2.08. The number of hydrogen-bond donors (Lipinski definition) is 2. The third kappa shape index (κ3) is 4.21. The molecule has 0 aliphatic carbocycles. The van der Waals surface area contributed by atoms with Crippen LogP contribution in [0.15, 0.2) is 6.20 Å². The van der Waals surface area contributed by atoms with Crippen molar-refractivity contribution in [3.63, 3.8) is 0 Å². The summed E-state index contributed by atoms with van der Waals surface area (Å²) >= 11 is 6.06. The first-order valence-electron chi connectivity index (χ1n) is 6.73. The van der Waals surface area contributed by atoms with Crippen LogP contribution < -0.4 is 10.6 Å². The number of nitrogens with zero attached hydrogens (tertiary/aromatic N) is 2. The molecular formula is C12H19ClN4O2S. The molecule has 2 heterocycles. The van der Waals surface area contributed by atoms with E-state index < -0.39 is 9.84 Å². The highest BCUT2D eigenvalue weighted by Crippen LogP contribution is 2.23. The van der Waals surface area contributed by atoms with E-state index >= 15 is 0 Å². The van der Waals surface area contributed by atoms with Crippen molar-refractivity contribution in [2.24, 2.45) is 0 Å². The molecule has 1 fully saturated rings. The van der Waals surface area contributed by atoms with E-state index in [0.29, 0.717) is 23.2 Å². The number of hydrogen-bond acceptors (Lipinski definition) is 6. The Morgan fingerprint density at radius 3 is 3.00 bits per heavy atom. The molecular weight excluding hydrogens is 300 g/mol. The Morgan fingerprint density at radius 2 is 2.30 bits per heavy atom. The van der Waals surface area contributed by atoms with E-state index in [1.54, 1.807) is 0 Å². The van der Waals surface area contributed by atoms with Gasteiger partial charge in [-0.2, -0.15) is 4.98 Å². The lowest BCUT2D eigenvalue weighted by Crippen LogP contribution is -2.35. The van der Waals surface area contributed by atoms with E-state index in [9.17, 15) is 8.42 Å². The minimum atomic E-state index is -2.95. The molecule has 1 atom stereocenters. The largest absolute Gasteiger partial charge is 0.365 e. The zero-order valence-corrected chi connectivity index (χ0v) is 13.0. The minimum absolute atomic E-state index is 0.130. The van der Waals surface area contributed by atoms with Crippen molar-refractivity contribution in [2.75, 3.05) is 28.7 Å². The molecule has 8 heteroatoms. The number of sulfone groups is 1. The highest BCUT2D eigenvalue weighted by Gasteiger charge is 2.25. The molecule has 0 bridgehead atoms. The fourth-order valence-corrected chi connectivity index (χ4v) is 3.90. The summed E-state index contributed by atoms with van der Waals surface area (Å²) in [5.41, 5.74) is 0. The van der Waals surface area contributed by atoms with E-state index in [-0.39, 0.29) is 17.5 Å². The van der Waals surface area contributed by atoms with E-state index in [4.69, 9.17) is 11.6 Å². The molecule has 0 amide bonds. The zero-order valence-electron chi connectivity index (χ0n) is 11.4. The van der Waals surface area contributed by atoms with E-state index in [2.05, 4.69) is 27.5 Å². The van der Waals surface area contributed by atoms with Crippen LogP contribution in [0.3, 0.4) is 0 Å². The fraction of sp³-hybridized carbons (Fsp3) is 0.667. The number of anilines is 2. The Kier molecular flexibility index (Phi) is 5.04. The van der Waals surface area contributed by atoms with Crippen LogP contribution in [0.4, 0.5) is 11.8 Å². The van der Waals surface area contributed by atoms with Crippen molar-refractivity contribution in [1.82, 2.24) is 9.97 Å². The van der Waals surface area contributed by atoms with Crippen LogP contribution in [0.2, 0.25) is 5.02 Å². The van der Waals surface area contributed by atoms with Crippen LogP contribution in [-0.4, -0.2) is 42.5 Å². The molecule has 0 aromatic carbocycles. The van der Waals surface area contributed by atoms with Crippen molar-refractivity contribution in [2.45, 2.75) is 32.2 Å². The van der Waals surface area contributed by atoms with E-state index in [1.807, 2.05) is 0 Å². The highest BCUT2D eigenvalue weighted by molar-refractivity contribution is 7.91. The summed E-state index contributed by atoms with van der Waals surface area (Å²) in [4.78, 5) is 8.38. The summed E-state index contributed by atoms with van der Waals surface area (Å²) in [6.07, 6.45) is 3.96. The summed E-state index contributed by atoms with van der Waals surface area (Å²) < 4.78 is 23.3. The molecule has 112 valence electrons. The third-order valence-corrected chi connectivity index (χ3v) is 5.18. The lowest BCUT2D eigenvalue weighted by Gasteiger charge is -2.24. The monoisotopic (exact) mass is 318 g/mol. The molecule has 2 rings (SSSR count). The third-order valence-electron chi connectivity index (χ3n) is 3.08. The van der Waals surface area contributed by atoms with Crippen molar-refractivity contribution in [1.29, 1.82) is 0 Å². The van der Waals surface area contributed by atoms with Gasteiger partial charge in [0.2, 0.25) is 5.95 Å². The van der Waals surface area contributed by atoms with Crippen LogP contribution >= 0.6 is 11.6 Å². The maximum absolute atomic E-state index is 11.6. The van der Waals surface area contributed by atoms with E-state index in [1.165, 1.54) is 6.20 Å². The Hall–Kier alpha value is -1.08. The summed E-state index contributed by atoms with van der Waals surface area (Å²) in [6, 6.07) is -0.139. The SMILES string of the molecule is CCCNc1ncc(Cl)c(NC2CCCS(=O)(=O)C2)n1. The first kappa shape index (κ1) is 15.3. The predicted octanol–water partition coefficient (Wildman–Crippen LogP) is 1.94. The average molecular weight is 319 g/mol. The van der Waals surface area contributed by atoms with Gasteiger partial charge in [0.15, 0.2) is 15.7 Å². The number of aromatic nitrogens is 2. The minimum Gasteiger partial charge on any atom is -0.365 e. The first-order chi connectivity index (χ1) is 9.50. The molecule has 20 heavy (non-hydrogen) atoms. The normalized spacial score (nSPS) is 21.4. The Bertz CT molecular complexity index is 565. The van der Waals surface area contributed by atoms with Gasteiger partial charge in [0.1, 0.15) is 5.02 Å². The molecule has 1 aliphatic heterocycles. The van der Waals surface area contributed by atoms with Gasteiger partial charge in [-0.1, -0.05) is 18.5 Å². The fourth-order valence-electron chi connectivity index (χ4n) is 2.12. The molecule has 0 spiro atoms. The molecule has 2 N–H and O–H groups in total. The van der Waals surface area contributed by atoms with E-state index in [0.717, 1.165) is 19.4 Å². The maximum atomic E-state index is 11.6. The summed E-state index contributed by atoms with van der Waals surface area (Å²) in [5, 5.41) is 6.59. The molecule has 1 unspecified atom stereocenters. The second-order valence-corrected chi connectivity index (χ2v) is 7.55. The van der Waals surface area contributed by atoms with Crippen molar-refractivity contribution < 1.29 is 8.42 Å². The van der Waals surface area contributed by atoms with Gasteiger partial charge in [-0.3, -0.25) is 0 Å². The van der Waals surface area contributed by atoms with Gasteiger partial charge in [-0.05, 0) is 19.3 Å². The van der Waals surface area contributed by atoms with Crippen molar-refractivity contribution >= 4 is 33.2 Å². The molecule has 1 saturated heterocycles. The summed E-state index contributed by atoms with van der Waals surface area (Å²) in [6.45, 7) is 2.83. The van der Waals surface area contributed by atoms with Crippen LogP contribution in [0.5, 0.6) is 0 Å². The van der Waals surface area contributed by atoms with Gasteiger partial charge >= 0.3 is 0 Å². The predicted molar refractivity (Wildman–Crippen MR) is 81.1 cm³/mol. The zero-order chi connectivity index (χ0) is 14.6. The molecule has 1 aromatic rings. The molecule has 0 radical (unpaired) electrons. The molecule has 1 aromatic heterocycles. The van der Waals surface area contributed by atoms with Crippen molar-refractivity contribution in [3.8, 4) is 0 Å². The number of rotatable bonds is 5. The topological polar surface area (TPSA) is 84.0 Å². The van der Waals surface area contributed by atoms with Crippen LogP contribution in [0.25, 0.3) is 0 Å². The molecule has 0 saturated carbocycles. The Morgan fingerprint density at radius 1 is 1.50 bits per heavy atom. The number of nitrogens with one attached hydrogen (secondary N) is 2. The van der Waals surface area contributed by atoms with Crippen LogP contribution in [-0.2, 0) is 9.84 Å². The molecule has 6 nitrogen and oxygen atoms in total. The van der Waals surface area contributed by atoms with Gasteiger partial charge < -0.3 is 10.6 Å². The van der Waals surface area contributed by atoms with Gasteiger partial charge in [-0.15, -0.1) is 0 Å². The second-order valence-electron chi connectivity index (χ2n) is 4.91. The average Bonchev–Trinajstić information content (AvgIpc) is 2.38. The maximum Gasteiger partial charge on any atom is 0.224 e. The second kappa shape index (κ2) is 6.58. The van der Waals surface area contributed by atoms with Crippen LogP contribution in [0, 0.1) is 0 Å². The summed E-state index contributed by atoms with van der Waals surface area (Å²) in [5.74, 6) is 1.39. The van der Waals surface area contributed by atoms with Gasteiger partial charge in [0.25, 0.3) is 0 Å². The highest BCUT2D eigenvalue weighted by atomic mass is 35.5. The van der Waals surface area contributed by atoms with Crippen molar-refractivity contribution in [3.05, 3.63) is 11.2 Å². The molecule has 1 aliphatic rings. The van der Waals surface area contributed by atoms with Crippen LogP contribution in [0.1, 0.15) is 26.2 Å². The van der Waals surface area contributed by atoms with Gasteiger partial charge in [0.05, 0.1) is 17.7 Å². The Labute approximate surface area is 124 Å². The summed E-state index contributed by atoms with van der Waals surface area (Å²) in [7, 11) is -2.95. The smallest absolute Gasteiger partial charge is 0.224 e. The standard InChI is InChI=1S/C12H19ClN4O2S/c1-2-5-14-12-15-7-10(13)11(17-12)16-9-4-3-6-20(18,19)8-9/h7,9H,2-6,8H2,1H3,(H2,14,15,16,17). The lowest BCUT2D eigenvalue weighted by atomic mass is 10.2. The van der Waals surface area contributed by atoms with Gasteiger partial charge in [-0.25, -0.2) is 13.4 Å². The lowest BCUT2D eigenvalue weighted by molar-refractivity contribution is 0.561. The first-order valence-corrected chi connectivity index (χ1v) is 8.93. The van der Waals surface area contributed by atoms with Gasteiger partial charge in [0, 0.05) is 12.6 Å². The quantitative estimate of drug-likeness (QED) is 0.863.